The summed E-state index contributed by atoms with van der Waals surface area (Å²) in [5.41, 5.74) is 1.50. The molecule has 116 valence electrons. The van der Waals surface area contributed by atoms with Crippen LogP contribution >= 0.6 is 0 Å². The van der Waals surface area contributed by atoms with Crippen molar-refractivity contribution in [1.82, 2.24) is 5.01 Å². The molecule has 0 saturated heterocycles. The summed E-state index contributed by atoms with van der Waals surface area (Å²) in [6, 6.07) is 17.1. The van der Waals surface area contributed by atoms with Crippen molar-refractivity contribution in [2.24, 2.45) is 5.10 Å². The Kier molecular flexibility index (Phi) is 3.13. The molecule has 5 nitrogen and oxygen atoms in total. The molecule has 0 aromatic heterocycles. The first kappa shape index (κ1) is 14.1. The predicted octanol–water partition coefficient (Wildman–Crippen LogP) is 3.18. The van der Waals surface area contributed by atoms with Gasteiger partial charge >= 0.3 is 0 Å². The Balaban J connectivity index is 1.79. The van der Waals surface area contributed by atoms with Gasteiger partial charge in [0.25, 0.3) is 11.8 Å². The molecule has 0 saturated carbocycles. The number of carbonyl (C=O) groups excluding carboxylic acids is 2. The highest BCUT2D eigenvalue weighted by Crippen LogP contribution is 2.30. The highest BCUT2D eigenvalue weighted by Gasteiger charge is 2.32. The zero-order valence-electron chi connectivity index (χ0n) is 12.5. The van der Waals surface area contributed by atoms with E-state index in [9.17, 15) is 14.7 Å². The van der Waals surface area contributed by atoms with E-state index in [0.717, 1.165) is 10.4 Å². The summed E-state index contributed by atoms with van der Waals surface area (Å²) >= 11 is 0. The Morgan fingerprint density at radius 1 is 0.875 bits per heavy atom. The van der Waals surface area contributed by atoms with E-state index in [-0.39, 0.29) is 5.75 Å². The minimum Gasteiger partial charge on any atom is -0.508 e. The maximum atomic E-state index is 12.6. The molecule has 5 heteroatoms. The molecular weight excluding hydrogens is 304 g/mol. The molecule has 0 radical (unpaired) electrons. The molecule has 1 aliphatic heterocycles. The van der Waals surface area contributed by atoms with E-state index in [1.165, 1.54) is 18.3 Å². The van der Waals surface area contributed by atoms with Gasteiger partial charge in [-0.25, -0.2) is 0 Å². The van der Waals surface area contributed by atoms with Gasteiger partial charge in [0.1, 0.15) is 5.75 Å². The highest BCUT2D eigenvalue weighted by atomic mass is 16.3. The Bertz CT molecular complexity index is 973. The monoisotopic (exact) mass is 316 g/mol. The first-order chi connectivity index (χ1) is 11.6. The van der Waals surface area contributed by atoms with E-state index in [1.54, 1.807) is 36.4 Å². The van der Waals surface area contributed by atoms with Crippen molar-refractivity contribution in [2.45, 2.75) is 0 Å². The van der Waals surface area contributed by atoms with E-state index in [4.69, 9.17) is 0 Å². The van der Waals surface area contributed by atoms with Crippen molar-refractivity contribution in [3.63, 3.8) is 0 Å². The summed E-state index contributed by atoms with van der Waals surface area (Å²) in [7, 11) is 0. The minimum absolute atomic E-state index is 0.0883. The van der Waals surface area contributed by atoms with Gasteiger partial charge in [0.15, 0.2) is 0 Å². The van der Waals surface area contributed by atoms with Crippen LogP contribution in [0.1, 0.15) is 26.3 Å². The van der Waals surface area contributed by atoms with Crippen molar-refractivity contribution in [2.75, 3.05) is 0 Å². The van der Waals surface area contributed by atoms with Gasteiger partial charge in [-0.05, 0) is 35.2 Å². The molecule has 1 aliphatic rings. The topological polar surface area (TPSA) is 70.0 Å². The van der Waals surface area contributed by atoms with Crippen LogP contribution in [0, 0.1) is 0 Å². The molecular formula is C19H12N2O3. The number of imide groups is 1. The Hall–Kier alpha value is -3.47. The van der Waals surface area contributed by atoms with Crippen LogP contribution in [0.2, 0.25) is 0 Å². The van der Waals surface area contributed by atoms with Gasteiger partial charge < -0.3 is 5.11 Å². The van der Waals surface area contributed by atoms with E-state index in [2.05, 4.69) is 5.10 Å². The van der Waals surface area contributed by atoms with Crippen LogP contribution in [0.15, 0.2) is 65.8 Å². The summed E-state index contributed by atoms with van der Waals surface area (Å²) in [6.07, 6.45) is 1.38. The van der Waals surface area contributed by atoms with Crippen LogP contribution in [0.4, 0.5) is 0 Å². The van der Waals surface area contributed by atoms with Crippen LogP contribution in [0.25, 0.3) is 10.8 Å². The molecule has 24 heavy (non-hydrogen) atoms. The van der Waals surface area contributed by atoms with Crippen LogP contribution in [-0.2, 0) is 0 Å². The van der Waals surface area contributed by atoms with Gasteiger partial charge in [-0.15, -0.1) is 0 Å². The number of phenols is 1. The standard InChI is InChI=1S/C19H12N2O3/c22-14-7-1-4-12(10-14)11-20-21-18(23)15-8-2-5-13-6-3-9-16(17(13)15)19(21)24/h1-11,22H/b20-11-. The SMILES string of the molecule is O=C1c2cccc3cccc(c23)C(=O)N1/N=C\c1cccc(O)c1. The third-order valence-electron chi connectivity index (χ3n) is 3.94. The second-order valence-corrected chi connectivity index (χ2v) is 5.47. The van der Waals surface area contributed by atoms with E-state index in [0.29, 0.717) is 22.1 Å². The van der Waals surface area contributed by atoms with Gasteiger partial charge in [0, 0.05) is 5.39 Å². The predicted molar refractivity (Wildman–Crippen MR) is 90.1 cm³/mol. The van der Waals surface area contributed by atoms with Gasteiger partial charge in [-0.3, -0.25) is 9.59 Å². The smallest absolute Gasteiger partial charge is 0.282 e. The Morgan fingerprint density at radius 2 is 1.50 bits per heavy atom. The number of nitrogens with zero attached hydrogens (tertiary/aromatic N) is 2. The summed E-state index contributed by atoms with van der Waals surface area (Å²) in [6.45, 7) is 0. The summed E-state index contributed by atoms with van der Waals surface area (Å²) < 4.78 is 0. The van der Waals surface area contributed by atoms with E-state index >= 15 is 0 Å². The number of phenolic OH excluding ortho intramolecular Hbond substituents is 1. The molecule has 3 aromatic carbocycles. The zero-order chi connectivity index (χ0) is 16.7. The summed E-state index contributed by atoms with van der Waals surface area (Å²) in [5, 5.41) is 15.9. The summed E-state index contributed by atoms with van der Waals surface area (Å²) in [4.78, 5) is 25.3. The van der Waals surface area contributed by atoms with Crippen molar-refractivity contribution in [3.05, 3.63) is 77.4 Å². The fourth-order valence-corrected chi connectivity index (χ4v) is 2.85. The zero-order valence-corrected chi connectivity index (χ0v) is 12.5. The first-order valence-corrected chi connectivity index (χ1v) is 7.39. The van der Waals surface area contributed by atoms with Crippen molar-refractivity contribution in [1.29, 1.82) is 0 Å². The molecule has 0 aliphatic carbocycles. The molecule has 3 aromatic rings. The number of amides is 2. The molecule has 0 fully saturated rings. The molecule has 0 unspecified atom stereocenters. The number of hydrogen-bond acceptors (Lipinski definition) is 4. The number of hydrazone groups is 1. The van der Waals surface area contributed by atoms with Crippen LogP contribution < -0.4 is 0 Å². The lowest BCUT2D eigenvalue weighted by atomic mass is 9.95. The van der Waals surface area contributed by atoms with Gasteiger partial charge in [-0.2, -0.15) is 10.1 Å². The lowest BCUT2D eigenvalue weighted by Gasteiger charge is -2.22. The van der Waals surface area contributed by atoms with Crippen LogP contribution in [0.3, 0.4) is 0 Å². The number of aromatic hydroxyl groups is 1. The van der Waals surface area contributed by atoms with Gasteiger partial charge in [0.05, 0.1) is 17.3 Å². The van der Waals surface area contributed by atoms with E-state index in [1.807, 2.05) is 12.1 Å². The quantitative estimate of drug-likeness (QED) is 0.583. The second-order valence-electron chi connectivity index (χ2n) is 5.47. The molecule has 0 atom stereocenters. The largest absolute Gasteiger partial charge is 0.508 e. The Morgan fingerprint density at radius 3 is 2.12 bits per heavy atom. The fourth-order valence-electron chi connectivity index (χ4n) is 2.85. The van der Waals surface area contributed by atoms with Crippen LogP contribution in [0.5, 0.6) is 5.75 Å². The molecule has 4 rings (SSSR count). The van der Waals surface area contributed by atoms with Crippen molar-refractivity contribution in [3.8, 4) is 5.75 Å². The molecule has 1 heterocycles. The van der Waals surface area contributed by atoms with Gasteiger partial charge in [0.2, 0.25) is 0 Å². The van der Waals surface area contributed by atoms with Gasteiger partial charge in [-0.1, -0.05) is 36.4 Å². The number of benzene rings is 3. The fraction of sp³-hybridized carbons (Fsp3) is 0. The number of rotatable bonds is 2. The van der Waals surface area contributed by atoms with Crippen LogP contribution in [-0.4, -0.2) is 28.1 Å². The molecule has 1 N–H and O–H groups in total. The number of carbonyl (C=O) groups is 2. The molecule has 0 spiro atoms. The third-order valence-corrected chi connectivity index (χ3v) is 3.94. The normalized spacial score (nSPS) is 13.9. The highest BCUT2D eigenvalue weighted by molar-refractivity contribution is 6.25. The maximum Gasteiger partial charge on any atom is 0.282 e. The summed E-state index contributed by atoms with van der Waals surface area (Å²) in [5.74, 6) is -0.827. The lowest BCUT2D eigenvalue weighted by Crippen LogP contribution is -2.36. The number of hydrogen-bond donors (Lipinski definition) is 1. The van der Waals surface area contributed by atoms with Crippen molar-refractivity contribution >= 4 is 28.8 Å². The third kappa shape index (κ3) is 2.14. The minimum atomic E-state index is -0.458. The lowest BCUT2D eigenvalue weighted by molar-refractivity contribution is 0.0616. The van der Waals surface area contributed by atoms with Crippen molar-refractivity contribution < 1.29 is 14.7 Å². The Labute approximate surface area is 137 Å². The average Bonchev–Trinajstić information content (AvgIpc) is 2.59. The maximum absolute atomic E-state index is 12.6. The molecule has 0 bridgehead atoms. The average molecular weight is 316 g/mol. The first-order valence-electron chi connectivity index (χ1n) is 7.39. The molecule has 2 amide bonds. The second kappa shape index (κ2) is 5.31. The van der Waals surface area contributed by atoms with E-state index < -0.39 is 11.8 Å².